The maximum absolute atomic E-state index is 12.8. The van der Waals surface area contributed by atoms with Crippen molar-refractivity contribution in [3.8, 4) is 0 Å². The maximum atomic E-state index is 12.8. The molecule has 1 aliphatic rings. The summed E-state index contributed by atoms with van der Waals surface area (Å²) in [7, 11) is 1.87. The first-order valence-electron chi connectivity index (χ1n) is 7.57. The van der Waals surface area contributed by atoms with E-state index in [1.165, 1.54) is 19.3 Å². The molecule has 0 amide bonds. The van der Waals surface area contributed by atoms with Crippen LogP contribution in [0.15, 0.2) is 12.4 Å². The maximum Gasteiger partial charge on any atom is 0.169 e. The second-order valence-corrected chi connectivity index (χ2v) is 6.25. The molecule has 0 radical (unpaired) electrons. The zero-order valence-corrected chi connectivity index (χ0v) is 12.6. The van der Waals surface area contributed by atoms with Gasteiger partial charge in [0.15, 0.2) is 5.78 Å². The monoisotopic (exact) mass is 262 g/mol. The van der Waals surface area contributed by atoms with Crippen molar-refractivity contribution in [3.63, 3.8) is 0 Å². The van der Waals surface area contributed by atoms with E-state index in [1.54, 1.807) is 10.9 Å². The molecule has 2 rings (SSSR count). The highest BCUT2D eigenvalue weighted by atomic mass is 16.1. The summed E-state index contributed by atoms with van der Waals surface area (Å²) < 4.78 is 1.72. The molecule has 1 saturated carbocycles. The first kappa shape index (κ1) is 14.3. The fourth-order valence-electron chi connectivity index (χ4n) is 3.59. The topological polar surface area (TPSA) is 34.9 Å². The molecule has 1 fully saturated rings. The number of hydrogen-bond acceptors (Lipinski definition) is 2. The van der Waals surface area contributed by atoms with Gasteiger partial charge >= 0.3 is 0 Å². The third-order valence-corrected chi connectivity index (χ3v) is 4.94. The van der Waals surface area contributed by atoms with Crippen LogP contribution in [0.25, 0.3) is 0 Å². The fourth-order valence-corrected chi connectivity index (χ4v) is 3.59. The molecule has 1 aromatic heterocycles. The second kappa shape index (κ2) is 5.89. The number of ketones is 1. The van der Waals surface area contributed by atoms with E-state index in [4.69, 9.17) is 0 Å². The summed E-state index contributed by atoms with van der Waals surface area (Å²) in [6.45, 7) is 6.77. The summed E-state index contributed by atoms with van der Waals surface area (Å²) in [5.74, 6) is 2.17. The molecule has 2 unspecified atom stereocenters. The van der Waals surface area contributed by atoms with Crippen LogP contribution in [0.3, 0.4) is 0 Å². The lowest BCUT2D eigenvalue weighted by molar-refractivity contribution is 0.0643. The molecule has 19 heavy (non-hydrogen) atoms. The Morgan fingerprint density at radius 2 is 2.26 bits per heavy atom. The smallest absolute Gasteiger partial charge is 0.169 e. The first-order valence-corrected chi connectivity index (χ1v) is 7.57. The average Bonchev–Trinajstić information content (AvgIpc) is 2.83. The molecule has 0 saturated heterocycles. The molecule has 0 aromatic carbocycles. The lowest BCUT2D eigenvalue weighted by Gasteiger charge is -2.38. The minimum Gasteiger partial charge on any atom is -0.294 e. The number of carbonyl (C=O) groups excluding carboxylic acids is 1. The van der Waals surface area contributed by atoms with Crippen molar-refractivity contribution >= 4 is 5.78 Å². The van der Waals surface area contributed by atoms with Crippen molar-refractivity contribution in [1.29, 1.82) is 0 Å². The van der Waals surface area contributed by atoms with Crippen molar-refractivity contribution in [2.45, 2.75) is 46.5 Å². The van der Waals surface area contributed by atoms with Crippen LogP contribution >= 0.6 is 0 Å². The lowest BCUT2D eigenvalue weighted by atomic mass is 9.65. The summed E-state index contributed by atoms with van der Waals surface area (Å²) in [5.41, 5.74) is 0.787. The van der Waals surface area contributed by atoms with Crippen LogP contribution in [0, 0.1) is 23.7 Å². The van der Waals surface area contributed by atoms with E-state index in [2.05, 4.69) is 25.9 Å². The van der Waals surface area contributed by atoms with E-state index in [-0.39, 0.29) is 5.92 Å². The predicted octanol–water partition coefficient (Wildman–Crippen LogP) is 3.70. The molecule has 3 nitrogen and oxygen atoms in total. The Kier molecular flexibility index (Phi) is 4.43. The normalized spacial score (nSPS) is 29.2. The molecule has 0 aliphatic heterocycles. The van der Waals surface area contributed by atoms with Crippen LogP contribution in [0.5, 0.6) is 0 Å². The third kappa shape index (κ3) is 2.90. The molecule has 1 aliphatic carbocycles. The second-order valence-electron chi connectivity index (χ2n) is 6.25. The van der Waals surface area contributed by atoms with E-state index in [0.717, 1.165) is 12.0 Å². The number of nitrogens with zero attached hydrogens (tertiary/aromatic N) is 2. The number of Topliss-reactive ketones (excluding diaryl/α,β-unsaturated/α-hetero) is 1. The molecule has 4 atom stereocenters. The van der Waals surface area contributed by atoms with Gasteiger partial charge in [-0.1, -0.05) is 33.6 Å². The molecule has 1 aromatic rings. The summed E-state index contributed by atoms with van der Waals surface area (Å²) >= 11 is 0. The van der Waals surface area contributed by atoms with Crippen LogP contribution in [0.1, 0.15) is 56.8 Å². The minimum atomic E-state index is 0.188. The third-order valence-electron chi connectivity index (χ3n) is 4.94. The molecule has 3 heteroatoms. The average molecular weight is 262 g/mol. The van der Waals surface area contributed by atoms with E-state index in [0.29, 0.717) is 23.5 Å². The largest absolute Gasteiger partial charge is 0.294 e. The van der Waals surface area contributed by atoms with E-state index < -0.39 is 0 Å². The van der Waals surface area contributed by atoms with Gasteiger partial charge in [0, 0.05) is 19.2 Å². The standard InChI is InChI=1S/C16H26N2O/c1-5-11(2)14-8-6-7-12(3)15(14)16(19)13-9-17-18(4)10-13/h9-12,14-15H,5-8H2,1-4H3/t11-,12?,14-,15?/m0/s1. The van der Waals surface area contributed by atoms with Crippen molar-refractivity contribution in [2.24, 2.45) is 30.7 Å². The Balaban J connectivity index is 2.24. The Labute approximate surface area is 116 Å². The zero-order chi connectivity index (χ0) is 14.0. The molecular formula is C16H26N2O. The minimum absolute atomic E-state index is 0.188. The Morgan fingerprint density at radius 3 is 2.84 bits per heavy atom. The number of aryl methyl sites for hydroxylation is 1. The van der Waals surface area contributed by atoms with Crippen LogP contribution in [0.2, 0.25) is 0 Å². The number of rotatable bonds is 4. The number of aromatic nitrogens is 2. The molecule has 1 heterocycles. The lowest BCUT2D eigenvalue weighted by Crippen LogP contribution is -2.36. The summed E-state index contributed by atoms with van der Waals surface area (Å²) in [6, 6.07) is 0. The van der Waals surface area contributed by atoms with E-state index >= 15 is 0 Å². The summed E-state index contributed by atoms with van der Waals surface area (Å²) in [6.07, 6.45) is 8.40. The molecule has 0 bridgehead atoms. The van der Waals surface area contributed by atoms with Crippen molar-refractivity contribution in [3.05, 3.63) is 18.0 Å². The van der Waals surface area contributed by atoms with Gasteiger partial charge in [0.05, 0.1) is 11.8 Å². The van der Waals surface area contributed by atoms with Gasteiger partial charge in [0.1, 0.15) is 0 Å². The molecule has 0 spiro atoms. The Hall–Kier alpha value is -1.12. The van der Waals surface area contributed by atoms with Gasteiger partial charge in [-0.2, -0.15) is 5.10 Å². The highest BCUT2D eigenvalue weighted by Crippen LogP contribution is 2.41. The van der Waals surface area contributed by atoms with Crippen LogP contribution in [0.4, 0.5) is 0 Å². The SMILES string of the molecule is CC[C@H](C)[C@@H]1CCCC(C)C1C(=O)c1cnn(C)c1. The van der Waals surface area contributed by atoms with Crippen LogP contribution in [-0.2, 0) is 7.05 Å². The Bertz CT molecular complexity index is 438. The van der Waals surface area contributed by atoms with Gasteiger partial charge in [-0.25, -0.2) is 0 Å². The first-order chi connectivity index (χ1) is 9.04. The Morgan fingerprint density at radius 1 is 1.53 bits per heavy atom. The van der Waals surface area contributed by atoms with Gasteiger partial charge in [-0.05, 0) is 30.6 Å². The molecule has 0 N–H and O–H groups in total. The van der Waals surface area contributed by atoms with Crippen molar-refractivity contribution in [1.82, 2.24) is 9.78 Å². The highest BCUT2D eigenvalue weighted by molar-refractivity contribution is 5.97. The highest BCUT2D eigenvalue weighted by Gasteiger charge is 2.38. The summed E-state index contributed by atoms with van der Waals surface area (Å²) in [5, 5.41) is 4.14. The molecular weight excluding hydrogens is 236 g/mol. The van der Waals surface area contributed by atoms with Crippen LogP contribution < -0.4 is 0 Å². The predicted molar refractivity (Wildman–Crippen MR) is 77.0 cm³/mol. The van der Waals surface area contributed by atoms with Crippen molar-refractivity contribution < 1.29 is 4.79 Å². The summed E-state index contributed by atoms with van der Waals surface area (Å²) in [4.78, 5) is 12.8. The number of carbonyl (C=O) groups is 1. The fraction of sp³-hybridized carbons (Fsp3) is 0.750. The quantitative estimate of drug-likeness (QED) is 0.775. The van der Waals surface area contributed by atoms with Crippen molar-refractivity contribution in [2.75, 3.05) is 0 Å². The van der Waals surface area contributed by atoms with Crippen LogP contribution in [-0.4, -0.2) is 15.6 Å². The van der Waals surface area contributed by atoms with E-state index in [9.17, 15) is 4.79 Å². The van der Waals surface area contributed by atoms with Gasteiger partial charge in [0.2, 0.25) is 0 Å². The van der Waals surface area contributed by atoms with Gasteiger partial charge in [-0.15, -0.1) is 0 Å². The number of hydrogen-bond donors (Lipinski definition) is 0. The van der Waals surface area contributed by atoms with Gasteiger partial charge < -0.3 is 0 Å². The molecule has 106 valence electrons. The zero-order valence-electron chi connectivity index (χ0n) is 12.6. The van der Waals surface area contributed by atoms with Gasteiger partial charge in [-0.3, -0.25) is 9.48 Å². The van der Waals surface area contributed by atoms with E-state index in [1.807, 2.05) is 13.2 Å². The van der Waals surface area contributed by atoms with Gasteiger partial charge in [0.25, 0.3) is 0 Å².